The Hall–Kier alpha value is -3.91. The smallest absolute Gasteiger partial charge is 0.257 e. The van der Waals surface area contributed by atoms with Crippen LogP contribution in [0.2, 0.25) is 0 Å². The minimum Gasteiger partial charge on any atom is -0.489 e. The molecule has 4 rings (SSSR count). The summed E-state index contributed by atoms with van der Waals surface area (Å²) in [5, 5.41) is 6.13. The molecular formula is C28H30N4O3S. The van der Waals surface area contributed by atoms with Gasteiger partial charge in [0.1, 0.15) is 12.4 Å². The number of ether oxygens (including phenoxy) is 1. The van der Waals surface area contributed by atoms with E-state index in [2.05, 4.69) is 15.5 Å². The Labute approximate surface area is 217 Å². The van der Waals surface area contributed by atoms with Crippen LogP contribution in [-0.2, 0) is 11.4 Å². The van der Waals surface area contributed by atoms with Crippen LogP contribution >= 0.6 is 12.2 Å². The molecule has 1 aliphatic rings. The van der Waals surface area contributed by atoms with Gasteiger partial charge in [-0.15, -0.1) is 0 Å². The van der Waals surface area contributed by atoms with Gasteiger partial charge in [0.15, 0.2) is 5.11 Å². The summed E-state index contributed by atoms with van der Waals surface area (Å²) in [5.41, 5.74) is 3.35. The summed E-state index contributed by atoms with van der Waals surface area (Å²) in [6, 6.07) is 24.7. The minimum atomic E-state index is -0.300. The number of amides is 2. The van der Waals surface area contributed by atoms with Crippen molar-refractivity contribution in [3.05, 3.63) is 90.0 Å². The number of nitrogens with zero attached hydrogens (tertiary/aromatic N) is 2. The van der Waals surface area contributed by atoms with Crippen LogP contribution in [0.5, 0.6) is 5.75 Å². The number of carbonyl (C=O) groups excluding carboxylic acids is 2. The van der Waals surface area contributed by atoms with Crippen molar-refractivity contribution in [3.63, 3.8) is 0 Å². The molecule has 3 aromatic rings. The number of anilines is 2. The van der Waals surface area contributed by atoms with Crippen molar-refractivity contribution in [1.29, 1.82) is 0 Å². The predicted octanol–water partition coefficient (Wildman–Crippen LogP) is 4.45. The molecule has 0 aromatic heterocycles. The summed E-state index contributed by atoms with van der Waals surface area (Å²) in [6.07, 6.45) is 0.523. The fourth-order valence-electron chi connectivity index (χ4n) is 4.05. The molecule has 0 aliphatic carbocycles. The highest BCUT2D eigenvalue weighted by molar-refractivity contribution is 7.80. The van der Waals surface area contributed by atoms with Crippen molar-refractivity contribution in [2.45, 2.75) is 20.0 Å². The fraction of sp³-hybridized carbons (Fsp3) is 0.250. The van der Waals surface area contributed by atoms with Gasteiger partial charge < -0.3 is 19.9 Å². The van der Waals surface area contributed by atoms with Gasteiger partial charge in [0.05, 0.1) is 11.4 Å². The largest absolute Gasteiger partial charge is 0.489 e. The standard InChI is InChI=1S/C28H30N4O3S/c1-2-26(33)32-18-16-31(17-19-32)25-11-7-6-10-24(25)29-28(36)30-27(34)22-12-14-23(15-13-22)35-20-21-8-4-3-5-9-21/h3-15H,2,16-20H2,1H3,(H2,29,30,34,36). The first-order valence-corrected chi connectivity index (χ1v) is 12.4. The highest BCUT2D eigenvalue weighted by Crippen LogP contribution is 2.27. The van der Waals surface area contributed by atoms with Gasteiger partial charge in [0.25, 0.3) is 5.91 Å². The van der Waals surface area contributed by atoms with Crippen LogP contribution in [-0.4, -0.2) is 48.0 Å². The summed E-state index contributed by atoms with van der Waals surface area (Å²) in [7, 11) is 0. The molecule has 0 atom stereocenters. The Morgan fingerprint density at radius 3 is 2.25 bits per heavy atom. The molecule has 0 spiro atoms. The maximum absolute atomic E-state index is 12.7. The first-order valence-electron chi connectivity index (χ1n) is 12.0. The number of benzene rings is 3. The van der Waals surface area contributed by atoms with E-state index in [1.54, 1.807) is 24.3 Å². The molecule has 8 heteroatoms. The van der Waals surface area contributed by atoms with Crippen LogP contribution in [0.3, 0.4) is 0 Å². The number of hydrogen-bond acceptors (Lipinski definition) is 5. The molecule has 0 radical (unpaired) electrons. The summed E-state index contributed by atoms with van der Waals surface area (Å²) < 4.78 is 5.79. The van der Waals surface area contributed by atoms with Gasteiger partial charge in [0, 0.05) is 38.2 Å². The molecule has 2 N–H and O–H groups in total. The molecule has 7 nitrogen and oxygen atoms in total. The van der Waals surface area contributed by atoms with Gasteiger partial charge in [-0.25, -0.2) is 0 Å². The van der Waals surface area contributed by atoms with E-state index in [9.17, 15) is 9.59 Å². The molecule has 186 valence electrons. The second-order valence-corrected chi connectivity index (χ2v) is 8.85. The minimum absolute atomic E-state index is 0.181. The zero-order chi connectivity index (χ0) is 25.3. The van der Waals surface area contributed by atoms with E-state index >= 15 is 0 Å². The van der Waals surface area contributed by atoms with Crippen LogP contribution in [0, 0.1) is 0 Å². The Kier molecular flexibility index (Phi) is 8.52. The van der Waals surface area contributed by atoms with Crippen molar-refractivity contribution in [3.8, 4) is 5.75 Å². The predicted molar refractivity (Wildman–Crippen MR) is 146 cm³/mol. The zero-order valence-corrected chi connectivity index (χ0v) is 21.1. The molecule has 0 saturated carbocycles. The molecule has 1 saturated heterocycles. The van der Waals surface area contributed by atoms with E-state index in [0.717, 1.165) is 30.0 Å². The Morgan fingerprint density at radius 2 is 1.56 bits per heavy atom. The number of hydrogen-bond donors (Lipinski definition) is 2. The molecule has 1 aliphatic heterocycles. The van der Waals surface area contributed by atoms with Gasteiger partial charge in [-0.2, -0.15) is 0 Å². The van der Waals surface area contributed by atoms with Gasteiger partial charge in [-0.05, 0) is 54.2 Å². The highest BCUT2D eigenvalue weighted by Gasteiger charge is 2.22. The van der Waals surface area contributed by atoms with Crippen molar-refractivity contribution in [1.82, 2.24) is 10.2 Å². The first kappa shape index (κ1) is 25.2. The molecule has 0 bridgehead atoms. The highest BCUT2D eigenvalue weighted by atomic mass is 32.1. The van der Waals surface area contributed by atoms with Crippen LogP contribution in [0.15, 0.2) is 78.9 Å². The van der Waals surface area contributed by atoms with Crippen LogP contribution < -0.4 is 20.3 Å². The van der Waals surface area contributed by atoms with E-state index in [1.165, 1.54) is 0 Å². The third-order valence-electron chi connectivity index (χ3n) is 6.02. The number of para-hydroxylation sites is 2. The van der Waals surface area contributed by atoms with Crippen molar-refractivity contribution in [2.75, 3.05) is 36.4 Å². The van der Waals surface area contributed by atoms with Gasteiger partial charge in [0.2, 0.25) is 5.91 Å². The normalized spacial score (nSPS) is 13.1. The Balaban J connectivity index is 1.31. The fourth-order valence-corrected chi connectivity index (χ4v) is 4.25. The van der Waals surface area contributed by atoms with Gasteiger partial charge >= 0.3 is 0 Å². The second kappa shape index (κ2) is 12.2. The van der Waals surface area contributed by atoms with E-state index in [-0.39, 0.29) is 16.9 Å². The number of rotatable bonds is 7. The first-order chi connectivity index (χ1) is 17.5. The second-order valence-electron chi connectivity index (χ2n) is 8.45. The van der Waals surface area contributed by atoms with Crippen molar-refractivity contribution >= 4 is 40.5 Å². The maximum atomic E-state index is 12.7. The molecule has 3 aromatic carbocycles. The molecule has 1 fully saturated rings. The van der Waals surface area contributed by atoms with E-state index in [4.69, 9.17) is 17.0 Å². The molecule has 1 heterocycles. The van der Waals surface area contributed by atoms with E-state index < -0.39 is 0 Å². The zero-order valence-electron chi connectivity index (χ0n) is 20.3. The SMILES string of the molecule is CCC(=O)N1CCN(c2ccccc2NC(=S)NC(=O)c2ccc(OCc3ccccc3)cc2)CC1. The summed E-state index contributed by atoms with van der Waals surface area (Å²) in [5.74, 6) is 0.567. The topological polar surface area (TPSA) is 73.9 Å². The Morgan fingerprint density at radius 1 is 0.889 bits per heavy atom. The Bertz CT molecular complexity index is 1190. The lowest BCUT2D eigenvalue weighted by atomic mass is 10.2. The lowest BCUT2D eigenvalue weighted by Crippen LogP contribution is -2.48. The summed E-state index contributed by atoms with van der Waals surface area (Å²) >= 11 is 5.42. The summed E-state index contributed by atoms with van der Waals surface area (Å²) in [6.45, 7) is 5.20. The molecular weight excluding hydrogens is 472 g/mol. The van der Waals surface area contributed by atoms with Gasteiger partial charge in [-0.1, -0.05) is 49.4 Å². The quantitative estimate of drug-likeness (QED) is 0.465. The average molecular weight is 503 g/mol. The number of carbonyl (C=O) groups is 2. The van der Waals surface area contributed by atoms with Crippen LogP contribution in [0.25, 0.3) is 0 Å². The third-order valence-corrected chi connectivity index (χ3v) is 6.22. The van der Waals surface area contributed by atoms with Crippen molar-refractivity contribution < 1.29 is 14.3 Å². The van der Waals surface area contributed by atoms with E-state index in [1.807, 2.05) is 66.4 Å². The third kappa shape index (κ3) is 6.60. The number of thiocarbonyl (C=S) groups is 1. The van der Waals surface area contributed by atoms with Crippen LogP contribution in [0.1, 0.15) is 29.3 Å². The molecule has 36 heavy (non-hydrogen) atoms. The van der Waals surface area contributed by atoms with Crippen molar-refractivity contribution in [2.24, 2.45) is 0 Å². The van der Waals surface area contributed by atoms with Gasteiger partial charge in [-0.3, -0.25) is 14.9 Å². The number of nitrogens with one attached hydrogen (secondary N) is 2. The van der Waals surface area contributed by atoms with Crippen LogP contribution in [0.4, 0.5) is 11.4 Å². The lowest BCUT2D eigenvalue weighted by Gasteiger charge is -2.37. The van der Waals surface area contributed by atoms with E-state index in [0.29, 0.717) is 37.4 Å². The monoisotopic (exact) mass is 502 g/mol. The molecule has 0 unspecified atom stereocenters. The maximum Gasteiger partial charge on any atom is 0.257 e. The number of piperazine rings is 1. The molecule has 2 amide bonds. The lowest BCUT2D eigenvalue weighted by molar-refractivity contribution is -0.131. The average Bonchev–Trinajstić information content (AvgIpc) is 2.92. The summed E-state index contributed by atoms with van der Waals surface area (Å²) in [4.78, 5) is 28.8.